The van der Waals surface area contributed by atoms with Crippen LogP contribution >= 0.6 is 0 Å². The van der Waals surface area contributed by atoms with Crippen molar-refractivity contribution in [3.8, 4) is 0 Å². The first-order chi connectivity index (χ1) is 15.8. The summed E-state index contributed by atoms with van der Waals surface area (Å²) in [6.07, 6.45) is 4.39. The zero-order chi connectivity index (χ0) is 23.6. The highest BCUT2D eigenvalue weighted by molar-refractivity contribution is 7.90. The Morgan fingerprint density at radius 1 is 1.09 bits per heavy atom. The fourth-order valence-electron chi connectivity index (χ4n) is 4.38. The minimum atomic E-state index is -3.83. The highest BCUT2D eigenvalue weighted by Crippen LogP contribution is 2.33. The predicted octanol–water partition coefficient (Wildman–Crippen LogP) is 3.42. The number of amides is 1. The van der Waals surface area contributed by atoms with Gasteiger partial charge in [-0.05, 0) is 36.1 Å². The van der Waals surface area contributed by atoms with E-state index in [1.54, 1.807) is 18.2 Å². The third-order valence-electron chi connectivity index (χ3n) is 5.90. The third kappa shape index (κ3) is 4.41. The fourth-order valence-corrected chi connectivity index (χ4v) is 6.35. The van der Waals surface area contributed by atoms with Gasteiger partial charge < -0.3 is 5.73 Å². The number of nitrogens with one attached hydrogen (secondary N) is 1. The number of hydrogen-bond acceptors (Lipinski definition) is 6. The van der Waals surface area contributed by atoms with Crippen LogP contribution in [-0.2, 0) is 19.6 Å². The number of hydrogen-bond donors (Lipinski definition) is 2. The molecular formula is C24H26N4O4S. The first-order valence-corrected chi connectivity index (χ1v) is 12.4. The molecule has 172 valence electrons. The molecule has 1 aliphatic carbocycles. The van der Waals surface area contributed by atoms with Gasteiger partial charge in [-0.25, -0.2) is 17.4 Å². The lowest BCUT2D eigenvalue weighted by Crippen LogP contribution is -2.30. The summed E-state index contributed by atoms with van der Waals surface area (Å²) in [7, 11) is -3.83. The lowest BCUT2D eigenvalue weighted by Gasteiger charge is -2.23. The Balaban J connectivity index is 1.95. The van der Waals surface area contributed by atoms with Crippen molar-refractivity contribution >= 4 is 44.8 Å². The van der Waals surface area contributed by atoms with Crippen LogP contribution in [0.1, 0.15) is 50.2 Å². The number of imidazole rings is 1. The predicted molar refractivity (Wildman–Crippen MR) is 128 cm³/mol. The molecule has 1 fully saturated rings. The van der Waals surface area contributed by atoms with Gasteiger partial charge in [0.1, 0.15) is 0 Å². The quantitative estimate of drug-likeness (QED) is 0.424. The van der Waals surface area contributed by atoms with E-state index >= 15 is 0 Å². The van der Waals surface area contributed by atoms with Gasteiger partial charge in [-0.3, -0.25) is 14.9 Å². The fraction of sp³-hybridized carbons (Fsp3) is 0.292. The Morgan fingerprint density at radius 2 is 1.79 bits per heavy atom. The zero-order valence-corrected chi connectivity index (χ0v) is 19.1. The van der Waals surface area contributed by atoms with Crippen LogP contribution < -0.4 is 11.1 Å². The summed E-state index contributed by atoms with van der Waals surface area (Å²) in [4.78, 5) is 27.8. The van der Waals surface area contributed by atoms with Crippen LogP contribution in [-0.4, -0.2) is 34.8 Å². The number of benzene rings is 2. The summed E-state index contributed by atoms with van der Waals surface area (Å²) in [5.74, 6) is -0.450. The Hall–Kier alpha value is -3.46. The number of aromatic nitrogens is 2. The van der Waals surface area contributed by atoms with E-state index in [1.165, 1.54) is 6.92 Å². The molecule has 2 aromatic carbocycles. The van der Waals surface area contributed by atoms with Gasteiger partial charge in [0.25, 0.3) is 0 Å². The first-order valence-electron chi connectivity index (χ1n) is 10.9. The van der Waals surface area contributed by atoms with E-state index in [1.807, 2.05) is 30.3 Å². The van der Waals surface area contributed by atoms with E-state index in [4.69, 9.17) is 5.73 Å². The van der Waals surface area contributed by atoms with Gasteiger partial charge in [-0.1, -0.05) is 55.7 Å². The Kier molecular flexibility index (Phi) is 6.33. The molecule has 1 amide bonds. The van der Waals surface area contributed by atoms with Crippen LogP contribution in [0.4, 0.5) is 5.95 Å². The third-order valence-corrected chi connectivity index (χ3v) is 8.09. The van der Waals surface area contributed by atoms with E-state index in [0.717, 1.165) is 28.8 Å². The van der Waals surface area contributed by atoms with E-state index in [9.17, 15) is 18.0 Å². The monoisotopic (exact) mass is 466 g/mol. The molecule has 4 rings (SSSR count). The molecule has 1 aliphatic rings. The first kappa shape index (κ1) is 22.7. The molecule has 0 bridgehead atoms. The lowest BCUT2D eigenvalue weighted by molar-refractivity contribution is -0.114. The molecular weight excluding hydrogens is 440 g/mol. The largest absolute Gasteiger partial charge is 0.396 e. The van der Waals surface area contributed by atoms with Gasteiger partial charge in [0.05, 0.1) is 22.0 Å². The Bertz CT molecular complexity index is 1340. The highest BCUT2D eigenvalue weighted by Gasteiger charge is 2.33. The van der Waals surface area contributed by atoms with Crippen LogP contribution in [0.15, 0.2) is 54.2 Å². The van der Waals surface area contributed by atoms with Gasteiger partial charge in [0, 0.05) is 12.5 Å². The second-order valence-electron chi connectivity index (χ2n) is 8.20. The minimum absolute atomic E-state index is 0.0313. The van der Waals surface area contributed by atoms with Crippen LogP contribution in [0.5, 0.6) is 0 Å². The normalized spacial score (nSPS) is 15.8. The van der Waals surface area contributed by atoms with E-state index < -0.39 is 21.2 Å². The van der Waals surface area contributed by atoms with Crippen LogP contribution in [0.3, 0.4) is 0 Å². The number of rotatable bonds is 6. The highest BCUT2D eigenvalue weighted by atomic mass is 32.2. The molecule has 1 heterocycles. The Labute approximate surface area is 192 Å². The van der Waals surface area contributed by atoms with Crippen molar-refractivity contribution in [2.75, 3.05) is 5.32 Å². The molecule has 33 heavy (non-hydrogen) atoms. The van der Waals surface area contributed by atoms with Crippen molar-refractivity contribution in [2.24, 2.45) is 5.73 Å². The summed E-state index contributed by atoms with van der Waals surface area (Å²) >= 11 is 0. The van der Waals surface area contributed by atoms with Gasteiger partial charge >= 0.3 is 0 Å². The summed E-state index contributed by atoms with van der Waals surface area (Å²) in [6, 6.07) is 14.2. The summed E-state index contributed by atoms with van der Waals surface area (Å²) < 4.78 is 28.5. The van der Waals surface area contributed by atoms with Crippen LogP contribution in [0.2, 0.25) is 0 Å². The van der Waals surface area contributed by atoms with Crippen LogP contribution in [0.25, 0.3) is 16.6 Å². The minimum Gasteiger partial charge on any atom is -0.396 e. The molecule has 9 heteroatoms. The average Bonchev–Trinajstić information content (AvgIpc) is 3.17. The molecule has 3 N–H and O–H groups in total. The van der Waals surface area contributed by atoms with Gasteiger partial charge in [0.15, 0.2) is 6.29 Å². The number of aldehydes is 1. The maximum atomic E-state index is 13.7. The molecule has 0 aliphatic heterocycles. The number of nitrogens with zero attached hydrogens (tertiary/aromatic N) is 2. The van der Waals surface area contributed by atoms with Crippen molar-refractivity contribution in [3.05, 3.63) is 65.4 Å². The molecule has 0 radical (unpaired) electrons. The standard InChI is InChI=1S/C24H26N4O4S/c1-16(30)26-24-27-21-13-12-18(23(20(25)15-29)17-8-4-2-5-9-17)14-22(21)28(24)33(31,32)19-10-6-3-7-11-19/h2,4-5,8-9,12-15,19H,3,6-7,10-11,25H2,1H3,(H,26,27,30). The summed E-state index contributed by atoms with van der Waals surface area (Å²) in [5.41, 5.74) is 8.63. The molecule has 1 aromatic heterocycles. The maximum absolute atomic E-state index is 13.7. The van der Waals surface area contributed by atoms with Crippen molar-refractivity contribution in [1.82, 2.24) is 8.96 Å². The summed E-state index contributed by atoms with van der Waals surface area (Å²) in [6.45, 7) is 1.31. The molecule has 0 saturated heterocycles. The van der Waals surface area contributed by atoms with Crippen LogP contribution in [0, 0.1) is 0 Å². The average molecular weight is 467 g/mol. The molecule has 0 atom stereocenters. The van der Waals surface area contributed by atoms with Crippen molar-refractivity contribution in [1.29, 1.82) is 0 Å². The zero-order valence-electron chi connectivity index (χ0n) is 18.3. The molecule has 3 aromatic rings. The van der Waals surface area contributed by atoms with E-state index in [-0.39, 0.29) is 11.6 Å². The molecule has 8 nitrogen and oxygen atoms in total. The van der Waals surface area contributed by atoms with Crippen molar-refractivity contribution in [3.63, 3.8) is 0 Å². The van der Waals surface area contributed by atoms with Crippen molar-refractivity contribution in [2.45, 2.75) is 44.3 Å². The SMILES string of the molecule is CC(=O)Nc1nc2ccc(C(=C(N)C=O)c3ccccc3)cc2n1S(=O)(=O)C1CCCCC1. The number of allylic oxidation sites excluding steroid dienone is 1. The Morgan fingerprint density at radius 3 is 2.42 bits per heavy atom. The smallest absolute Gasteiger partial charge is 0.244 e. The second-order valence-corrected chi connectivity index (χ2v) is 10.3. The van der Waals surface area contributed by atoms with E-state index in [0.29, 0.717) is 41.3 Å². The van der Waals surface area contributed by atoms with Gasteiger partial charge in [-0.2, -0.15) is 0 Å². The topological polar surface area (TPSA) is 124 Å². The summed E-state index contributed by atoms with van der Waals surface area (Å²) in [5, 5.41) is 2.01. The number of anilines is 1. The van der Waals surface area contributed by atoms with Crippen molar-refractivity contribution < 1.29 is 18.0 Å². The maximum Gasteiger partial charge on any atom is 0.244 e. The second kappa shape index (κ2) is 9.19. The number of fused-ring (bicyclic) bond motifs is 1. The van der Waals surface area contributed by atoms with Gasteiger partial charge in [-0.15, -0.1) is 0 Å². The molecule has 0 unspecified atom stereocenters. The number of carbonyl (C=O) groups excluding carboxylic acids is 2. The van der Waals surface area contributed by atoms with E-state index in [2.05, 4.69) is 10.3 Å². The molecule has 1 saturated carbocycles. The lowest BCUT2D eigenvalue weighted by atomic mass is 9.96. The number of carbonyl (C=O) groups is 2. The number of nitrogens with two attached hydrogens (primary N) is 1. The van der Waals surface area contributed by atoms with Gasteiger partial charge in [0.2, 0.25) is 21.9 Å². The molecule has 0 spiro atoms.